The van der Waals surface area contributed by atoms with Gasteiger partial charge >= 0.3 is 0 Å². The van der Waals surface area contributed by atoms with Crippen molar-refractivity contribution in [2.75, 3.05) is 23.3 Å². The highest BCUT2D eigenvalue weighted by atomic mass is 16.6. The molecule has 5 rings (SSSR count). The third-order valence-corrected chi connectivity index (χ3v) is 5.23. The number of aromatic amines is 1. The van der Waals surface area contributed by atoms with Crippen LogP contribution >= 0.6 is 0 Å². The van der Waals surface area contributed by atoms with E-state index in [1.807, 2.05) is 29.2 Å². The van der Waals surface area contributed by atoms with Crippen molar-refractivity contribution in [2.45, 2.75) is 12.8 Å². The number of aromatic hydroxyl groups is 1. The minimum absolute atomic E-state index is 0.0121. The molecule has 1 fully saturated rings. The molecule has 12 heteroatoms. The Morgan fingerprint density at radius 1 is 1.03 bits per heavy atom. The highest BCUT2D eigenvalue weighted by Crippen LogP contribution is 2.36. The summed E-state index contributed by atoms with van der Waals surface area (Å²) in [6.07, 6.45) is 2.08. The van der Waals surface area contributed by atoms with Gasteiger partial charge in [-0.05, 0) is 31.0 Å². The molecule has 0 spiro atoms. The maximum absolute atomic E-state index is 10.9. The van der Waals surface area contributed by atoms with Crippen molar-refractivity contribution < 1.29 is 10.0 Å². The second kappa shape index (κ2) is 8.49. The normalized spacial score (nSPS) is 13.8. The third kappa shape index (κ3) is 4.26. The summed E-state index contributed by atoms with van der Waals surface area (Å²) >= 11 is 0. The van der Waals surface area contributed by atoms with Crippen molar-refractivity contribution in [3.63, 3.8) is 0 Å². The van der Waals surface area contributed by atoms with E-state index in [1.54, 1.807) is 12.1 Å². The highest BCUT2D eigenvalue weighted by molar-refractivity contribution is 5.94. The van der Waals surface area contributed by atoms with Gasteiger partial charge in [0.2, 0.25) is 17.8 Å². The Morgan fingerprint density at radius 3 is 2.55 bits per heavy atom. The van der Waals surface area contributed by atoms with Crippen LogP contribution in [0.3, 0.4) is 0 Å². The van der Waals surface area contributed by atoms with Crippen LogP contribution < -0.4 is 10.2 Å². The zero-order valence-corrected chi connectivity index (χ0v) is 17.3. The second-order valence-electron chi connectivity index (χ2n) is 7.45. The number of nitro benzene ring substituents is 1. The van der Waals surface area contributed by atoms with E-state index >= 15 is 0 Å². The van der Waals surface area contributed by atoms with E-state index in [0.717, 1.165) is 36.8 Å². The number of para-hydroxylation sites is 1. The van der Waals surface area contributed by atoms with E-state index in [-0.39, 0.29) is 23.5 Å². The first-order chi connectivity index (χ1) is 16.1. The van der Waals surface area contributed by atoms with Crippen LogP contribution in [-0.4, -0.2) is 43.1 Å². The summed E-state index contributed by atoms with van der Waals surface area (Å²) in [6, 6.07) is 13.3. The molecule has 33 heavy (non-hydrogen) atoms. The molecule has 2 aromatic carbocycles. The Balaban J connectivity index is 1.48. The van der Waals surface area contributed by atoms with Gasteiger partial charge in [0.15, 0.2) is 5.69 Å². The molecule has 1 aliphatic rings. The van der Waals surface area contributed by atoms with E-state index < -0.39 is 4.92 Å². The summed E-state index contributed by atoms with van der Waals surface area (Å²) in [5.74, 6) is 0.667. The molecule has 0 unspecified atom stereocenters. The van der Waals surface area contributed by atoms with Crippen LogP contribution in [-0.2, 0) is 0 Å². The van der Waals surface area contributed by atoms with Crippen LogP contribution in [0.4, 0.5) is 34.9 Å². The molecule has 12 nitrogen and oxygen atoms in total. The van der Waals surface area contributed by atoms with E-state index in [0.29, 0.717) is 17.3 Å². The van der Waals surface area contributed by atoms with Gasteiger partial charge in [0.1, 0.15) is 0 Å². The van der Waals surface area contributed by atoms with Crippen molar-refractivity contribution in [3.8, 4) is 5.88 Å². The van der Waals surface area contributed by atoms with Crippen LogP contribution in [0.1, 0.15) is 12.8 Å². The fourth-order valence-electron chi connectivity index (χ4n) is 3.62. The molecular formula is C21H19N9O3. The molecule has 3 N–H and O–H groups in total. The molecule has 0 amide bonds. The predicted molar refractivity (Wildman–Crippen MR) is 122 cm³/mol. The van der Waals surface area contributed by atoms with Crippen molar-refractivity contribution >= 4 is 45.8 Å². The maximum Gasteiger partial charge on any atom is 0.275 e. The average molecular weight is 445 g/mol. The Bertz CT molecular complexity index is 1350. The van der Waals surface area contributed by atoms with Gasteiger partial charge in [-0.2, -0.15) is 15.0 Å². The topological polar surface area (TPSA) is 158 Å². The first-order valence-corrected chi connectivity index (χ1v) is 10.3. The van der Waals surface area contributed by atoms with Crippen molar-refractivity contribution in [2.24, 2.45) is 10.2 Å². The fraction of sp³-hybridized carbons (Fsp3) is 0.190. The second-order valence-corrected chi connectivity index (χ2v) is 7.45. The first kappa shape index (κ1) is 20.3. The summed E-state index contributed by atoms with van der Waals surface area (Å²) < 4.78 is 0. The standard InChI is InChI=1S/C21H19N9O3/c31-18-17(15-5-1-2-6-16(15)23-18)27-28-20-24-19(25-21(26-20)29-11-3-4-12-29)22-13-7-9-14(10-8-13)30(32)33/h1-2,5-10,23,31H,3-4,11-12H2,(H,22,24,25,26). The Morgan fingerprint density at radius 2 is 1.79 bits per heavy atom. The van der Waals surface area contributed by atoms with Crippen LogP contribution in [0.15, 0.2) is 58.8 Å². The number of hydrogen-bond donors (Lipinski definition) is 3. The van der Waals surface area contributed by atoms with Gasteiger partial charge in [0.05, 0.1) is 10.4 Å². The van der Waals surface area contributed by atoms with E-state index in [4.69, 9.17) is 0 Å². The number of hydrogen-bond acceptors (Lipinski definition) is 10. The highest BCUT2D eigenvalue weighted by Gasteiger charge is 2.18. The smallest absolute Gasteiger partial charge is 0.275 e. The molecule has 166 valence electrons. The average Bonchev–Trinajstić information content (AvgIpc) is 3.46. The zero-order valence-electron chi connectivity index (χ0n) is 17.3. The summed E-state index contributed by atoms with van der Waals surface area (Å²) in [6.45, 7) is 1.64. The number of H-pyrrole nitrogens is 1. The number of non-ortho nitro benzene ring substituents is 1. The molecule has 2 aromatic heterocycles. The largest absolute Gasteiger partial charge is 0.493 e. The fourth-order valence-corrected chi connectivity index (χ4v) is 3.62. The van der Waals surface area contributed by atoms with Gasteiger partial charge in [0, 0.05) is 36.3 Å². The van der Waals surface area contributed by atoms with E-state index in [9.17, 15) is 15.2 Å². The number of nitro groups is 1. The first-order valence-electron chi connectivity index (χ1n) is 10.3. The number of nitrogens with one attached hydrogen (secondary N) is 2. The minimum Gasteiger partial charge on any atom is -0.493 e. The molecule has 0 radical (unpaired) electrons. The van der Waals surface area contributed by atoms with Crippen LogP contribution in [0.2, 0.25) is 0 Å². The molecular weight excluding hydrogens is 426 g/mol. The monoisotopic (exact) mass is 445 g/mol. The SMILES string of the molecule is O=[N+]([O-])c1ccc(Nc2nc(N=Nc3c(O)[nH]c4ccccc34)nc(N3CCCC3)n2)cc1. The lowest BCUT2D eigenvalue weighted by Gasteiger charge is -2.15. The van der Waals surface area contributed by atoms with Crippen LogP contribution in [0.25, 0.3) is 10.9 Å². The van der Waals surface area contributed by atoms with Gasteiger partial charge in [0.25, 0.3) is 11.6 Å². The van der Waals surface area contributed by atoms with E-state index in [2.05, 4.69) is 35.5 Å². The third-order valence-electron chi connectivity index (χ3n) is 5.23. The molecule has 4 aromatic rings. The maximum atomic E-state index is 10.9. The Kier molecular flexibility index (Phi) is 5.23. The molecule has 0 atom stereocenters. The van der Waals surface area contributed by atoms with Crippen LogP contribution in [0, 0.1) is 10.1 Å². The minimum atomic E-state index is -0.461. The number of aromatic nitrogens is 4. The number of anilines is 3. The molecule has 3 heterocycles. The van der Waals surface area contributed by atoms with Crippen molar-refractivity contribution in [1.82, 2.24) is 19.9 Å². The quantitative estimate of drug-likeness (QED) is 0.218. The lowest BCUT2D eigenvalue weighted by atomic mass is 10.2. The van der Waals surface area contributed by atoms with Gasteiger partial charge in [-0.3, -0.25) is 10.1 Å². The van der Waals surface area contributed by atoms with Gasteiger partial charge in [-0.15, -0.1) is 10.2 Å². The van der Waals surface area contributed by atoms with Gasteiger partial charge in [-0.25, -0.2) is 0 Å². The zero-order chi connectivity index (χ0) is 22.8. The molecule has 0 bridgehead atoms. The van der Waals surface area contributed by atoms with E-state index in [1.165, 1.54) is 12.1 Å². The number of azo groups is 1. The molecule has 1 saturated heterocycles. The summed E-state index contributed by atoms with van der Waals surface area (Å²) in [4.78, 5) is 28.5. The Hall–Kier alpha value is -4.61. The molecule has 0 aliphatic carbocycles. The number of rotatable bonds is 6. The molecule has 1 aliphatic heterocycles. The lowest BCUT2D eigenvalue weighted by molar-refractivity contribution is -0.384. The number of fused-ring (bicyclic) bond motifs is 1. The predicted octanol–water partition coefficient (Wildman–Crippen LogP) is 4.73. The van der Waals surface area contributed by atoms with Crippen LogP contribution in [0.5, 0.6) is 5.88 Å². The van der Waals surface area contributed by atoms with Crippen molar-refractivity contribution in [3.05, 3.63) is 58.6 Å². The number of benzene rings is 2. The van der Waals surface area contributed by atoms with Gasteiger partial charge < -0.3 is 20.3 Å². The lowest BCUT2D eigenvalue weighted by Crippen LogP contribution is -2.21. The Labute approximate surface area is 187 Å². The molecule has 0 saturated carbocycles. The van der Waals surface area contributed by atoms with Crippen molar-refractivity contribution in [1.29, 1.82) is 0 Å². The van der Waals surface area contributed by atoms with Gasteiger partial charge in [-0.1, -0.05) is 18.2 Å². The summed E-state index contributed by atoms with van der Waals surface area (Å²) in [5, 5.41) is 33.2. The summed E-state index contributed by atoms with van der Waals surface area (Å²) in [5.41, 5.74) is 1.59. The number of nitrogens with zero attached hydrogens (tertiary/aromatic N) is 7. The summed E-state index contributed by atoms with van der Waals surface area (Å²) in [7, 11) is 0.